The van der Waals surface area contributed by atoms with Crippen molar-refractivity contribution in [2.24, 2.45) is 0 Å². The summed E-state index contributed by atoms with van der Waals surface area (Å²) < 4.78 is 10.4. The van der Waals surface area contributed by atoms with E-state index in [1.807, 2.05) is 36.4 Å². The first kappa shape index (κ1) is 12.8. The highest BCUT2D eigenvalue weighted by Crippen LogP contribution is 2.35. The molecule has 0 amide bonds. The number of fused-ring (bicyclic) bond motifs is 8. The number of aromatic nitrogens is 2. The van der Waals surface area contributed by atoms with Gasteiger partial charge >= 0.3 is 0 Å². The summed E-state index contributed by atoms with van der Waals surface area (Å²) in [6.07, 6.45) is 2.14. The van der Waals surface area contributed by atoms with Gasteiger partial charge in [0.2, 0.25) is 6.20 Å². The molecule has 0 bridgehead atoms. The number of nitrogens with zero attached hydrogens (tertiary/aromatic N) is 3. The summed E-state index contributed by atoms with van der Waals surface area (Å²) in [7, 11) is 0. The van der Waals surface area contributed by atoms with Crippen LogP contribution in [0.25, 0.3) is 43.4 Å². The molecular formula is C21H12N3O+. The van der Waals surface area contributed by atoms with E-state index in [0.29, 0.717) is 5.69 Å². The van der Waals surface area contributed by atoms with Crippen LogP contribution in [0.3, 0.4) is 0 Å². The van der Waals surface area contributed by atoms with Crippen LogP contribution in [-0.2, 0) is 6.54 Å². The van der Waals surface area contributed by atoms with Gasteiger partial charge in [-0.05, 0) is 18.2 Å². The third-order valence-corrected chi connectivity index (χ3v) is 5.05. The minimum absolute atomic E-state index is 0.660. The predicted octanol–water partition coefficient (Wildman–Crippen LogP) is 4.73. The van der Waals surface area contributed by atoms with E-state index in [1.165, 1.54) is 5.56 Å². The number of furan rings is 1. The fourth-order valence-electron chi connectivity index (χ4n) is 3.94. The topological polar surface area (TPSA) is 26.3 Å². The molecule has 25 heavy (non-hydrogen) atoms. The number of para-hydroxylation sites is 1. The summed E-state index contributed by atoms with van der Waals surface area (Å²) in [6.45, 7) is 8.10. The Kier molecular flexibility index (Phi) is 2.19. The first-order chi connectivity index (χ1) is 12.3. The summed E-state index contributed by atoms with van der Waals surface area (Å²) in [5.74, 6) is 0. The Morgan fingerprint density at radius 1 is 1.00 bits per heavy atom. The Labute approximate surface area is 142 Å². The van der Waals surface area contributed by atoms with Gasteiger partial charge in [-0.1, -0.05) is 30.3 Å². The zero-order valence-corrected chi connectivity index (χ0v) is 13.2. The first-order valence-electron chi connectivity index (χ1n) is 8.19. The fraction of sp³-hybridized carbons (Fsp3) is 0.0476. The second-order valence-electron chi connectivity index (χ2n) is 6.47. The summed E-state index contributed by atoms with van der Waals surface area (Å²) in [5.41, 5.74) is 5.94. The maximum atomic E-state index is 7.28. The molecule has 0 saturated carbocycles. The van der Waals surface area contributed by atoms with Crippen molar-refractivity contribution in [3.05, 3.63) is 77.8 Å². The number of rotatable bonds is 0. The van der Waals surface area contributed by atoms with Crippen LogP contribution in [0, 0.1) is 6.57 Å². The highest BCUT2D eigenvalue weighted by atomic mass is 16.3. The van der Waals surface area contributed by atoms with E-state index in [9.17, 15) is 0 Å². The Balaban J connectivity index is 1.70. The van der Waals surface area contributed by atoms with Gasteiger partial charge in [0.1, 0.15) is 22.4 Å². The van der Waals surface area contributed by atoms with Crippen LogP contribution in [0.15, 0.2) is 65.2 Å². The molecule has 0 saturated heterocycles. The van der Waals surface area contributed by atoms with Gasteiger partial charge in [-0.25, -0.2) is 4.85 Å². The second kappa shape index (κ2) is 4.28. The molecule has 0 spiro atoms. The predicted molar refractivity (Wildman–Crippen MR) is 96.1 cm³/mol. The SMILES string of the molecule is [C-]#[N+]c1ccc2c[n+]3n(c2c1)-c1cc2oc4ccccc4c2cc1C3. The monoisotopic (exact) mass is 322 g/mol. The minimum atomic E-state index is 0.660. The van der Waals surface area contributed by atoms with E-state index in [4.69, 9.17) is 11.0 Å². The van der Waals surface area contributed by atoms with E-state index in [-0.39, 0.29) is 0 Å². The van der Waals surface area contributed by atoms with E-state index >= 15 is 0 Å². The highest BCUT2D eigenvalue weighted by molar-refractivity contribution is 6.05. The molecule has 4 nitrogen and oxygen atoms in total. The van der Waals surface area contributed by atoms with Crippen molar-refractivity contribution in [2.75, 3.05) is 0 Å². The lowest BCUT2D eigenvalue weighted by atomic mass is 10.1. The normalized spacial score (nSPS) is 12.6. The molecular weight excluding hydrogens is 310 g/mol. The maximum absolute atomic E-state index is 7.28. The third kappa shape index (κ3) is 1.57. The van der Waals surface area contributed by atoms with Crippen LogP contribution in [-0.4, -0.2) is 4.68 Å². The van der Waals surface area contributed by atoms with Gasteiger partial charge in [-0.15, -0.1) is 9.36 Å². The number of hydrogen-bond donors (Lipinski definition) is 0. The molecule has 0 unspecified atom stereocenters. The summed E-state index contributed by atoms with van der Waals surface area (Å²) in [4.78, 5) is 3.57. The average molecular weight is 322 g/mol. The van der Waals surface area contributed by atoms with Gasteiger partial charge in [0.15, 0.2) is 12.2 Å². The smallest absolute Gasteiger partial charge is 0.204 e. The molecule has 6 rings (SSSR count). The molecule has 0 aliphatic carbocycles. The average Bonchev–Trinajstić information content (AvgIpc) is 3.28. The standard InChI is InChI=1S/C21H12N3O/c1-22-15-7-6-13-11-23-12-14-8-17-16-4-2-3-5-20(16)25-21(17)10-19(14)24(23)18(13)9-15/h2-11H,12H2/q+1. The van der Waals surface area contributed by atoms with Crippen LogP contribution in [0.1, 0.15) is 5.56 Å². The molecule has 0 atom stereocenters. The quantitative estimate of drug-likeness (QED) is 0.293. The maximum Gasteiger partial charge on any atom is 0.204 e. The Morgan fingerprint density at radius 2 is 1.92 bits per heavy atom. The van der Waals surface area contributed by atoms with E-state index in [0.717, 1.165) is 45.1 Å². The van der Waals surface area contributed by atoms with E-state index in [1.54, 1.807) is 0 Å². The molecule has 3 heterocycles. The van der Waals surface area contributed by atoms with Crippen molar-refractivity contribution >= 4 is 38.5 Å². The van der Waals surface area contributed by atoms with Gasteiger partial charge in [-0.2, -0.15) is 0 Å². The Hall–Kier alpha value is -3.58. The third-order valence-electron chi connectivity index (χ3n) is 5.05. The van der Waals surface area contributed by atoms with Crippen LogP contribution < -0.4 is 4.68 Å². The zero-order chi connectivity index (χ0) is 16.5. The molecule has 116 valence electrons. The lowest BCUT2D eigenvalue weighted by Crippen LogP contribution is -2.36. The second-order valence-corrected chi connectivity index (χ2v) is 6.47. The van der Waals surface area contributed by atoms with Crippen LogP contribution in [0.5, 0.6) is 0 Å². The summed E-state index contributed by atoms with van der Waals surface area (Å²) >= 11 is 0. The Morgan fingerprint density at radius 3 is 2.84 bits per heavy atom. The molecule has 2 aromatic heterocycles. The molecule has 0 N–H and O–H groups in total. The van der Waals surface area contributed by atoms with Crippen molar-refractivity contribution in [2.45, 2.75) is 6.54 Å². The highest BCUT2D eigenvalue weighted by Gasteiger charge is 2.29. The van der Waals surface area contributed by atoms with Crippen molar-refractivity contribution in [3.63, 3.8) is 0 Å². The molecule has 0 radical (unpaired) electrons. The molecule has 4 heteroatoms. The zero-order valence-electron chi connectivity index (χ0n) is 13.2. The number of hydrogen-bond acceptors (Lipinski definition) is 1. The van der Waals surface area contributed by atoms with Gasteiger partial charge < -0.3 is 4.42 Å². The Bertz CT molecular complexity index is 1380. The lowest BCUT2D eigenvalue weighted by Gasteiger charge is -1.99. The minimum Gasteiger partial charge on any atom is -0.456 e. The van der Waals surface area contributed by atoms with Crippen LogP contribution in [0.2, 0.25) is 0 Å². The van der Waals surface area contributed by atoms with Gasteiger partial charge in [-0.3, -0.25) is 0 Å². The molecule has 5 aromatic rings. The van der Waals surface area contributed by atoms with Crippen molar-refractivity contribution in [3.8, 4) is 5.69 Å². The first-order valence-corrected chi connectivity index (χ1v) is 8.19. The summed E-state index contributed by atoms with van der Waals surface area (Å²) in [5, 5.41) is 3.46. The van der Waals surface area contributed by atoms with Crippen molar-refractivity contribution in [1.82, 2.24) is 4.68 Å². The lowest BCUT2D eigenvalue weighted by molar-refractivity contribution is -0.749. The van der Waals surface area contributed by atoms with Crippen molar-refractivity contribution in [1.29, 1.82) is 0 Å². The summed E-state index contributed by atoms with van der Waals surface area (Å²) in [6, 6.07) is 18.4. The van der Waals surface area contributed by atoms with Gasteiger partial charge in [0.05, 0.1) is 12.0 Å². The van der Waals surface area contributed by atoms with E-state index < -0.39 is 0 Å². The van der Waals surface area contributed by atoms with Crippen molar-refractivity contribution < 1.29 is 9.10 Å². The van der Waals surface area contributed by atoms with Gasteiger partial charge in [0, 0.05) is 22.4 Å². The van der Waals surface area contributed by atoms with Crippen LogP contribution >= 0.6 is 0 Å². The largest absolute Gasteiger partial charge is 0.456 e. The molecule has 3 aromatic carbocycles. The van der Waals surface area contributed by atoms with Gasteiger partial charge in [0.25, 0.3) is 0 Å². The number of benzene rings is 3. The fourth-order valence-corrected chi connectivity index (χ4v) is 3.94. The molecule has 0 fully saturated rings. The van der Waals surface area contributed by atoms with Crippen LogP contribution in [0.4, 0.5) is 5.69 Å². The molecule has 1 aliphatic heterocycles. The van der Waals surface area contributed by atoms with E-state index in [2.05, 4.69) is 38.6 Å². The molecule has 1 aliphatic rings.